The molecule has 1 amide bonds. The summed E-state index contributed by atoms with van der Waals surface area (Å²) in [5, 5.41) is 2.96. The van der Waals surface area contributed by atoms with Crippen LogP contribution in [0.3, 0.4) is 0 Å². The lowest BCUT2D eigenvalue weighted by molar-refractivity contribution is -0.119. The molecule has 150 valence electrons. The molecule has 0 bridgehead atoms. The minimum absolute atomic E-state index is 0.0566. The zero-order valence-electron chi connectivity index (χ0n) is 16.5. The standard InChI is InChI=1S/C24H25FN2O2/c1-29-23-13-11-22(12-14-23)27(17-20-5-3-2-4-6-20)18-24(28)26-16-15-19-7-9-21(25)10-8-19/h2-14H,15-18H2,1H3,(H,26,28). The Balaban J connectivity index is 1.61. The van der Waals surface area contributed by atoms with Gasteiger partial charge in [-0.3, -0.25) is 4.79 Å². The minimum atomic E-state index is -0.256. The zero-order chi connectivity index (χ0) is 20.5. The average molecular weight is 392 g/mol. The predicted octanol–water partition coefficient (Wildman–Crippen LogP) is 4.20. The molecule has 0 heterocycles. The van der Waals surface area contributed by atoms with E-state index in [-0.39, 0.29) is 18.3 Å². The molecule has 0 aliphatic carbocycles. The number of carbonyl (C=O) groups is 1. The van der Waals surface area contributed by atoms with Crippen molar-refractivity contribution in [3.05, 3.63) is 95.8 Å². The van der Waals surface area contributed by atoms with E-state index in [9.17, 15) is 9.18 Å². The van der Waals surface area contributed by atoms with E-state index < -0.39 is 0 Å². The van der Waals surface area contributed by atoms with Crippen LogP contribution >= 0.6 is 0 Å². The van der Waals surface area contributed by atoms with Gasteiger partial charge in [0.25, 0.3) is 0 Å². The molecular weight excluding hydrogens is 367 g/mol. The van der Waals surface area contributed by atoms with Gasteiger partial charge in [-0.2, -0.15) is 0 Å². The maximum atomic E-state index is 13.0. The molecule has 1 N–H and O–H groups in total. The molecule has 3 aromatic rings. The fraction of sp³-hybridized carbons (Fsp3) is 0.208. The summed E-state index contributed by atoms with van der Waals surface area (Å²) in [6, 6.07) is 24.1. The van der Waals surface area contributed by atoms with Crippen LogP contribution in [-0.4, -0.2) is 26.1 Å². The number of benzene rings is 3. The molecule has 3 rings (SSSR count). The number of methoxy groups -OCH3 is 1. The van der Waals surface area contributed by atoms with E-state index in [1.54, 1.807) is 19.2 Å². The van der Waals surface area contributed by atoms with E-state index in [1.807, 2.05) is 59.5 Å². The largest absolute Gasteiger partial charge is 0.497 e. The Hall–Kier alpha value is -3.34. The second-order valence-electron chi connectivity index (χ2n) is 6.77. The van der Waals surface area contributed by atoms with Gasteiger partial charge in [-0.25, -0.2) is 4.39 Å². The highest BCUT2D eigenvalue weighted by molar-refractivity contribution is 5.81. The highest BCUT2D eigenvalue weighted by Gasteiger charge is 2.12. The van der Waals surface area contributed by atoms with Gasteiger partial charge in [-0.05, 0) is 53.9 Å². The summed E-state index contributed by atoms with van der Waals surface area (Å²) in [4.78, 5) is 14.6. The summed E-state index contributed by atoms with van der Waals surface area (Å²) in [5.74, 6) is 0.463. The van der Waals surface area contributed by atoms with E-state index in [0.29, 0.717) is 19.5 Å². The summed E-state index contributed by atoms with van der Waals surface area (Å²) < 4.78 is 18.2. The van der Waals surface area contributed by atoms with Crippen molar-refractivity contribution in [1.29, 1.82) is 0 Å². The molecular formula is C24H25FN2O2. The third-order valence-corrected chi connectivity index (χ3v) is 4.64. The van der Waals surface area contributed by atoms with Crippen LogP contribution in [0.1, 0.15) is 11.1 Å². The quantitative estimate of drug-likeness (QED) is 0.593. The topological polar surface area (TPSA) is 41.6 Å². The number of anilines is 1. The van der Waals surface area contributed by atoms with Crippen LogP contribution in [0.15, 0.2) is 78.9 Å². The fourth-order valence-corrected chi connectivity index (χ4v) is 3.06. The number of carbonyl (C=O) groups excluding carboxylic acids is 1. The van der Waals surface area contributed by atoms with Gasteiger partial charge >= 0.3 is 0 Å². The SMILES string of the molecule is COc1ccc(N(CC(=O)NCCc2ccc(F)cc2)Cc2ccccc2)cc1. The van der Waals surface area contributed by atoms with Crippen molar-refractivity contribution in [2.45, 2.75) is 13.0 Å². The number of hydrogen-bond acceptors (Lipinski definition) is 3. The Bertz CT molecular complexity index is 896. The lowest BCUT2D eigenvalue weighted by Gasteiger charge is -2.24. The van der Waals surface area contributed by atoms with Gasteiger partial charge in [0, 0.05) is 18.8 Å². The summed E-state index contributed by atoms with van der Waals surface area (Å²) in [5.41, 5.74) is 3.06. The summed E-state index contributed by atoms with van der Waals surface area (Å²) in [6.07, 6.45) is 0.660. The van der Waals surface area contributed by atoms with E-state index in [0.717, 1.165) is 22.6 Å². The number of ether oxygens (including phenoxy) is 1. The summed E-state index contributed by atoms with van der Waals surface area (Å²) in [6.45, 7) is 1.37. The highest BCUT2D eigenvalue weighted by Crippen LogP contribution is 2.21. The molecule has 0 fully saturated rings. The molecule has 4 nitrogen and oxygen atoms in total. The first-order valence-corrected chi connectivity index (χ1v) is 9.58. The van der Waals surface area contributed by atoms with Crippen LogP contribution in [-0.2, 0) is 17.8 Å². The molecule has 29 heavy (non-hydrogen) atoms. The van der Waals surface area contributed by atoms with Gasteiger partial charge in [0.15, 0.2) is 0 Å². The van der Waals surface area contributed by atoms with Crippen molar-refractivity contribution in [3.63, 3.8) is 0 Å². The van der Waals surface area contributed by atoms with Gasteiger partial charge in [0.1, 0.15) is 11.6 Å². The van der Waals surface area contributed by atoms with Crippen molar-refractivity contribution >= 4 is 11.6 Å². The molecule has 0 radical (unpaired) electrons. The molecule has 0 atom stereocenters. The molecule has 3 aromatic carbocycles. The minimum Gasteiger partial charge on any atom is -0.497 e. The number of nitrogens with one attached hydrogen (secondary N) is 1. The number of rotatable bonds is 9. The van der Waals surface area contributed by atoms with Crippen LogP contribution in [0.4, 0.5) is 10.1 Å². The first kappa shape index (κ1) is 20.4. The van der Waals surface area contributed by atoms with Crippen molar-refractivity contribution in [2.75, 3.05) is 25.1 Å². The van der Waals surface area contributed by atoms with E-state index in [4.69, 9.17) is 4.74 Å². The molecule has 0 saturated heterocycles. The second-order valence-corrected chi connectivity index (χ2v) is 6.77. The van der Waals surface area contributed by atoms with Gasteiger partial charge in [0.05, 0.1) is 13.7 Å². The normalized spacial score (nSPS) is 10.4. The molecule has 0 aliphatic rings. The molecule has 0 spiro atoms. The molecule has 0 unspecified atom stereocenters. The summed E-state index contributed by atoms with van der Waals surface area (Å²) in [7, 11) is 1.63. The first-order valence-electron chi connectivity index (χ1n) is 9.58. The van der Waals surface area contributed by atoms with Crippen LogP contribution in [0.5, 0.6) is 5.75 Å². The van der Waals surface area contributed by atoms with Gasteiger partial charge in [0.2, 0.25) is 5.91 Å². The predicted molar refractivity (Wildman–Crippen MR) is 114 cm³/mol. The van der Waals surface area contributed by atoms with Crippen LogP contribution in [0, 0.1) is 5.82 Å². The van der Waals surface area contributed by atoms with E-state index >= 15 is 0 Å². The zero-order valence-corrected chi connectivity index (χ0v) is 16.5. The van der Waals surface area contributed by atoms with E-state index in [1.165, 1.54) is 12.1 Å². The first-order chi connectivity index (χ1) is 14.1. The number of nitrogens with zero attached hydrogens (tertiary/aromatic N) is 1. The molecule has 5 heteroatoms. The maximum Gasteiger partial charge on any atom is 0.239 e. The second kappa shape index (κ2) is 10.3. The van der Waals surface area contributed by atoms with Crippen molar-refractivity contribution < 1.29 is 13.9 Å². The highest BCUT2D eigenvalue weighted by atomic mass is 19.1. The Labute approximate surface area is 170 Å². The Kier molecular flexibility index (Phi) is 7.22. The van der Waals surface area contributed by atoms with Crippen molar-refractivity contribution in [2.24, 2.45) is 0 Å². The van der Waals surface area contributed by atoms with Gasteiger partial charge in [-0.15, -0.1) is 0 Å². The van der Waals surface area contributed by atoms with Crippen molar-refractivity contribution in [3.8, 4) is 5.75 Å². The third kappa shape index (κ3) is 6.35. The Morgan fingerprint density at radius 2 is 1.62 bits per heavy atom. The Morgan fingerprint density at radius 1 is 0.931 bits per heavy atom. The average Bonchev–Trinajstić information content (AvgIpc) is 2.75. The number of halogens is 1. The smallest absolute Gasteiger partial charge is 0.239 e. The van der Waals surface area contributed by atoms with E-state index in [2.05, 4.69) is 5.32 Å². The molecule has 0 aromatic heterocycles. The van der Waals surface area contributed by atoms with Crippen LogP contribution < -0.4 is 15.0 Å². The third-order valence-electron chi connectivity index (χ3n) is 4.64. The molecule has 0 aliphatic heterocycles. The van der Waals surface area contributed by atoms with Crippen molar-refractivity contribution in [1.82, 2.24) is 5.32 Å². The lowest BCUT2D eigenvalue weighted by atomic mass is 10.1. The summed E-state index contributed by atoms with van der Waals surface area (Å²) >= 11 is 0. The van der Waals surface area contributed by atoms with Crippen LogP contribution in [0.25, 0.3) is 0 Å². The number of amides is 1. The fourth-order valence-electron chi connectivity index (χ4n) is 3.06. The number of hydrogen-bond donors (Lipinski definition) is 1. The van der Waals surface area contributed by atoms with Gasteiger partial charge < -0.3 is 15.0 Å². The monoisotopic (exact) mass is 392 g/mol. The van der Waals surface area contributed by atoms with Gasteiger partial charge in [-0.1, -0.05) is 42.5 Å². The van der Waals surface area contributed by atoms with Crippen LogP contribution in [0.2, 0.25) is 0 Å². The lowest BCUT2D eigenvalue weighted by Crippen LogP contribution is -2.37. The maximum absolute atomic E-state index is 13.0. The Morgan fingerprint density at radius 3 is 2.28 bits per heavy atom. The molecule has 0 saturated carbocycles.